The molecular formula is C14H19N3. The lowest BCUT2D eigenvalue weighted by Crippen LogP contribution is -2.20. The van der Waals surface area contributed by atoms with Crippen LogP contribution in [0.5, 0.6) is 0 Å². The van der Waals surface area contributed by atoms with Crippen LogP contribution in [0.2, 0.25) is 0 Å². The first-order valence-corrected chi connectivity index (χ1v) is 5.92. The van der Waals surface area contributed by atoms with Crippen LogP contribution in [0.4, 0.5) is 0 Å². The molecule has 3 heteroatoms. The predicted octanol–water partition coefficient (Wildman–Crippen LogP) is 2.19. The van der Waals surface area contributed by atoms with Gasteiger partial charge in [0, 0.05) is 17.6 Å². The summed E-state index contributed by atoms with van der Waals surface area (Å²) in [4.78, 5) is 6.46. The molecular weight excluding hydrogens is 210 g/mol. The van der Waals surface area contributed by atoms with Crippen molar-refractivity contribution < 1.29 is 0 Å². The normalized spacial score (nSPS) is 13.2. The monoisotopic (exact) mass is 229 g/mol. The van der Waals surface area contributed by atoms with Crippen molar-refractivity contribution in [1.82, 2.24) is 9.88 Å². The van der Waals surface area contributed by atoms with Gasteiger partial charge in [0.2, 0.25) is 0 Å². The van der Waals surface area contributed by atoms with Gasteiger partial charge in [-0.2, -0.15) is 0 Å². The van der Waals surface area contributed by atoms with Crippen LogP contribution in [0, 0.1) is 0 Å². The number of hydrogen-bond acceptors (Lipinski definition) is 3. The molecule has 0 radical (unpaired) electrons. The minimum absolute atomic E-state index is 0.0991. The number of aromatic nitrogens is 1. The molecule has 90 valence electrons. The number of rotatable bonds is 4. The summed E-state index contributed by atoms with van der Waals surface area (Å²) in [6.45, 7) is 1.01. The van der Waals surface area contributed by atoms with Crippen molar-refractivity contribution in [3.63, 3.8) is 0 Å². The number of nitrogens with zero attached hydrogens (tertiary/aromatic N) is 2. The summed E-state index contributed by atoms with van der Waals surface area (Å²) in [5.41, 5.74) is 8.40. The molecule has 2 rings (SSSR count). The van der Waals surface area contributed by atoms with Crippen LogP contribution in [-0.2, 0) is 0 Å². The van der Waals surface area contributed by atoms with Gasteiger partial charge in [-0.25, -0.2) is 0 Å². The maximum Gasteiger partial charge on any atom is 0.0702 e. The molecule has 1 atom stereocenters. The fourth-order valence-corrected chi connectivity index (χ4v) is 1.89. The molecule has 1 aromatic heterocycles. The van der Waals surface area contributed by atoms with Gasteiger partial charge in [-0.15, -0.1) is 0 Å². The van der Waals surface area contributed by atoms with E-state index < -0.39 is 0 Å². The van der Waals surface area contributed by atoms with E-state index in [4.69, 9.17) is 5.73 Å². The highest BCUT2D eigenvalue weighted by Gasteiger charge is 2.07. The van der Waals surface area contributed by atoms with Gasteiger partial charge in [0.15, 0.2) is 0 Å². The standard InChI is InChI=1S/C14H19N3/c1-17(2)9-7-13(15)11-5-6-14-12(10-11)4-3-8-16-14/h3-6,8,10,13H,7,9,15H2,1-2H3. The highest BCUT2D eigenvalue weighted by atomic mass is 15.0. The van der Waals surface area contributed by atoms with Gasteiger partial charge in [0.05, 0.1) is 5.52 Å². The van der Waals surface area contributed by atoms with E-state index in [1.807, 2.05) is 18.3 Å². The highest BCUT2D eigenvalue weighted by Crippen LogP contribution is 2.19. The van der Waals surface area contributed by atoms with Crippen molar-refractivity contribution in [2.24, 2.45) is 5.73 Å². The number of pyridine rings is 1. The second-order valence-electron chi connectivity index (χ2n) is 4.65. The summed E-state index contributed by atoms with van der Waals surface area (Å²) in [6.07, 6.45) is 2.78. The second kappa shape index (κ2) is 5.25. The van der Waals surface area contributed by atoms with Gasteiger partial charge in [-0.3, -0.25) is 4.98 Å². The molecule has 1 unspecified atom stereocenters. The number of fused-ring (bicyclic) bond motifs is 1. The van der Waals surface area contributed by atoms with Crippen LogP contribution >= 0.6 is 0 Å². The van der Waals surface area contributed by atoms with Crippen molar-refractivity contribution >= 4 is 10.9 Å². The minimum atomic E-state index is 0.0991. The van der Waals surface area contributed by atoms with E-state index in [0.29, 0.717) is 0 Å². The van der Waals surface area contributed by atoms with Crippen molar-refractivity contribution in [3.8, 4) is 0 Å². The van der Waals surface area contributed by atoms with E-state index in [9.17, 15) is 0 Å². The molecule has 17 heavy (non-hydrogen) atoms. The van der Waals surface area contributed by atoms with Crippen LogP contribution in [-0.4, -0.2) is 30.5 Å². The molecule has 0 spiro atoms. The summed E-state index contributed by atoms with van der Waals surface area (Å²) in [6, 6.07) is 10.4. The van der Waals surface area contributed by atoms with E-state index in [0.717, 1.165) is 23.9 Å². The quantitative estimate of drug-likeness (QED) is 0.873. The molecule has 3 nitrogen and oxygen atoms in total. The average Bonchev–Trinajstić information content (AvgIpc) is 2.35. The van der Waals surface area contributed by atoms with Crippen LogP contribution in [0.15, 0.2) is 36.5 Å². The van der Waals surface area contributed by atoms with Crippen molar-refractivity contribution in [1.29, 1.82) is 0 Å². The Bertz CT molecular complexity index is 494. The van der Waals surface area contributed by atoms with Crippen LogP contribution < -0.4 is 5.73 Å². The van der Waals surface area contributed by atoms with Gasteiger partial charge in [-0.05, 0) is 50.8 Å². The molecule has 2 aromatic rings. The second-order valence-corrected chi connectivity index (χ2v) is 4.65. The lowest BCUT2D eigenvalue weighted by atomic mass is 10.0. The Labute approximate surface area is 102 Å². The molecule has 0 aliphatic carbocycles. The van der Waals surface area contributed by atoms with Crippen LogP contribution in [0.1, 0.15) is 18.0 Å². The molecule has 2 N–H and O–H groups in total. The molecule has 0 aliphatic rings. The Balaban J connectivity index is 2.18. The first-order chi connectivity index (χ1) is 8.16. The third-order valence-corrected chi connectivity index (χ3v) is 2.94. The molecule has 0 bridgehead atoms. The summed E-state index contributed by atoms with van der Waals surface area (Å²) < 4.78 is 0. The van der Waals surface area contributed by atoms with Crippen LogP contribution in [0.3, 0.4) is 0 Å². The first kappa shape index (κ1) is 12.0. The van der Waals surface area contributed by atoms with Crippen molar-refractivity contribution in [2.45, 2.75) is 12.5 Å². The Morgan fingerprint density at radius 1 is 1.29 bits per heavy atom. The number of benzene rings is 1. The summed E-state index contributed by atoms with van der Waals surface area (Å²) in [5, 5.41) is 1.16. The lowest BCUT2D eigenvalue weighted by molar-refractivity contribution is 0.382. The molecule has 0 saturated heterocycles. The molecule has 0 fully saturated rings. The largest absolute Gasteiger partial charge is 0.324 e. The third kappa shape index (κ3) is 3.02. The molecule has 0 aliphatic heterocycles. The summed E-state index contributed by atoms with van der Waals surface area (Å²) in [5.74, 6) is 0. The molecule has 0 saturated carbocycles. The van der Waals surface area contributed by atoms with Gasteiger partial charge in [0.1, 0.15) is 0 Å². The molecule has 0 amide bonds. The molecule has 1 aromatic carbocycles. The van der Waals surface area contributed by atoms with E-state index in [1.54, 1.807) is 0 Å². The topological polar surface area (TPSA) is 42.1 Å². The third-order valence-electron chi connectivity index (χ3n) is 2.94. The zero-order valence-electron chi connectivity index (χ0n) is 10.4. The van der Waals surface area contributed by atoms with Crippen molar-refractivity contribution in [2.75, 3.05) is 20.6 Å². The SMILES string of the molecule is CN(C)CCC(N)c1ccc2ncccc2c1. The Kier molecular flexibility index (Phi) is 3.71. The highest BCUT2D eigenvalue weighted by molar-refractivity contribution is 5.79. The predicted molar refractivity (Wildman–Crippen MR) is 71.8 cm³/mol. The Morgan fingerprint density at radius 3 is 2.88 bits per heavy atom. The van der Waals surface area contributed by atoms with Crippen molar-refractivity contribution in [3.05, 3.63) is 42.1 Å². The average molecular weight is 229 g/mol. The Hall–Kier alpha value is -1.45. The minimum Gasteiger partial charge on any atom is -0.324 e. The van der Waals surface area contributed by atoms with E-state index in [2.05, 4.69) is 42.2 Å². The lowest BCUT2D eigenvalue weighted by Gasteiger charge is -2.15. The Morgan fingerprint density at radius 2 is 2.12 bits per heavy atom. The van der Waals surface area contributed by atoms with Crippen LogP contribution in [0.25, 0.3) is 10.9 Å². The van der Waals surface area contributed by atoms with Gasteiger partial charge in [-0.1, -0.05) is 12.1 Å². The zero-order chi connectivity index (χ0) is 12.3. The number of hydrogen-bond donors (Lipinski definition) is 1. The summed E-state index contributed by atoms with van der Waals surface area (Å²) >= 11 is 0. The molecule has 1 heterocycles. The van der Waals surface area contributed by atoms with Gasteiger partial charge in [0.25, 0.3) is 0 Å². The maximum absolute atomic E-state index is 6.19. The number of nitrogens with two attached hydrogens (primary N) is 1. The maximum atomic E-state index is 6.19. The van der Waals surface area contributed by atoms with Gasteiger partial charge < -0.3 is 10.6 Å². The zero-order valence-corrected chi connectivity index (χ0v) is 10.4. The smallest absolute Gasteiger partial charge is 0.0702 e. The summed E-state index contributed by atoms with van der Waals surface area (Å²) in [7, 11) is 4.13. The fraction of sp³-hybridized carbons (Fsp3) is 0.357. The van der Waals surface area contributed by atoms with E-state index >= 15 is 0 Å². The van der Waals surface area contributed by atoms with E-state index in [1.165, 1.54) is 5.56 Å². The van der Waals surface area contributed by atoms with Gasteiger partial charge >= 0.3 is 0 Å². The first-order valence-electron chi connectivity index (χ1n) is 5.92. The fourth-order valence-electron chi connectivity index (χ4n) is 1.89. The van der Waals surface area contributed by atoms with E-state index in [-0.39, 0.29) is 6.04 Å².